The van der Waals surface area contributed by atoms with Crippen molar-refractivity contribution in [2.45, 2.75) is 6.10 Å². The van der Waals surface area contributed by atoms with Gasteiger partial charge in [0.2, 0.25) is 0 Å². The summed E-state index contributed by atoms with van der Waals surface area (Å²) in [5.41, 5.74) is 2.32. The van der Waals surface area contributed by atoms with Crippen molar-refractivity contribution in [3.05, 3.63) is 90.5 Å². The highest BCUT2D eigenvalue weighted by molar-refractivity contribution is 5.50. The second-order valence-electron chi connectivity index (χ2n) is 4.22. The van der Waals surface area contributed by atoms with Gasteiger partial charge in [-0.1, -0.05) is 78.9 Å². The Morgan fingerprint density at radius 3 is 2.21 bits per heavy atom. The molecule has 1 atom stereocenters. The molecular formula is C18H18O. The summed E-state index contributed by atoms with van der Waals surface area (Å²) in [7, 11) is 0. The van der Waals surface area contributed by atoms with Gasteiger partial charge in [-0.15, -0.1) is 6.58 Å². The molecule has 0 heterocycles. The standard InChI is InChI=1S/C18H18O/c1-2-15-19-18(17-11-7-4-8-12-17)14-13-16-9-5-3-6-10-16/h2-14,18H,1,15H2/b14-13+. The molecule has 2 aromatic carbocycles. The van der Waals surface area contributed by atoms with E-state index in [4.69, 9.17) is 4.74 Å². The highest BCUT2D eigenvalue weighted by Gasteiger charge is 2.06. The topological polar surface area (TPSA) is 9.23 Å². The molecule has 2 rings (SSSR count). The molecule has 0 fully saturated rings. The molecule has 1 heteroatoms. The molecule has 0 aliphatic rings. The summed E-state index contributed by atoms with van der Waals surface area (Å²) in [6, 6.07) is 20.4. The number of hydrogen-bond donors (Lipinski definition) is 0. The van der Waals surface area contributed by atoms with Gasteiger partial charge < -0.3 is 4.74 Å². The highest BCUT2D eigenvalue weighted by Crippen LogP contribution is 2.20. The van der Waals surface area contributed by atoms with E-state index in [1.165, 1.54) is 5.56 Å². The minimum absolute atomic E-state index is 0.0422. The molecule has 0 radical (unpaired) electrons. The second-order valence-corrected chi connectivity index (χ2v) is 4.22. The average Bonchev–Trinajstić information content (AvgIpc) is 2.49. The van der Waals surface area contributed by atoms with Gasteiger partial charge in [0.05, 0.1) is 6.61 Å². The molecular weight excluding hydrogens is 232 g/mol. The van der Waals surface area contributed by atoms with Crippen molar-refractivity contribution < 1.29 is 4.74 Å². The van der Waals surface area contributed by atoms with Crippen LogP contribution in [0.25, 0.3) is 6.08 Å². The van der Waals surface area contributed by atoms with E-state index in [-0.39, 0.29) is 6.10 Å². The van der Waals surface area contributed by atoms with E-state index in [2.05, 4.69) is 43.0 Å². The van der Waals surface area contributed by atoms with E-state index < -0.39 is 0 Å². The Hall–Kier alpha value is -2.12. The van der Waals surface area contributed by atoms with Crippen LogP contribution >= 0.6 is 0 Å². The lowest BCUT2D eigenvalue weighted by Gasteiger charge is -2.13. The largest absolute Gasteiger partial charge is 0.365 e. The van der Waals surface area contributed by atoms with Gasteiger partial charge in [-0.2, -0.15) is 0 Å². The molecule has 0 aliphatic carbocycles. The third-order valence-electron chi connectivity index (χ3n) is 2.78. The molecule has 1 unspecified atom stereocenters. The fourth-order valence-corrected chi connectivity index (χ4v) is 1.84. The zero-order valence-electron chi connectivity index (χ0n) is 10.9. The summed E-state index contributed by atoms with van der Waals surface area (Å²) in [4.78, 5) is 0. The highest BCUT2D eigenvalue weighted by atomic mass is 16.5. The lowest BCUT2D eigenvalue weighted by Crippen LogP contribution is -2.01. The number of hydrogen-bond acceptors (Lipinski definition) is 1. The zero-order valence-corrected chi connectivity index (χ0v) is 10.9. The van der Waals surface area contributed by atoms with E-state index in [1.807, 2.05) is 36.4 Å². The lowest BCUT2D eigenvalue weighted by atomic mass is 10.1. The summed E-state index contributed by atoms with van der Waals surface area (Å²) >= 11 is 0. The third kappa shape index (κ3) is 4.23. The van der Waals surface area contributed by atoms with Crippen molar-refractivity contribution in [3.63, 3.8) is 0 Å². The number of rotatable bonds is 6. The minimum atomic E-state index is -0.0422. The van der Waals surface area contributed by atoms with Crippen LogP contribution in [0.4, 0.5) is 0 Å². The van der Waals surface area contributed by atoms with Crippen LogP contribution in [0.3, 0.4) is 0 Å². The molecule has 1 nitrogen and oxygen atoms in total. The first-order valence-electron chi connectivity index (χ1n) is 6.41. The number of benzene rings is 2. The smallest absolute Gasteiger partial charge is 0.101 e. The first-order chi connectivity index (χ1) is 9.40. The molecule has 0 aromatic heterocycles. The molecule has 19 heavy (non-hydrogen) atoms. The second kappa shape index (κ2) is 7.34. The SMILES string of the molecule is C=CCOC(/C=C/c1ccccc1)c1ccccc1. The van der Waals surface area contributed by atoms with E-state index in [0.717, 1.165) is 5.56 Å². The zero-order chi connectivity index (χ0) is 13.3. The quantitative estimate of drug-likeness (QED) is 0.678. The monoisotopic (exact) mass is 250 g/mol. The summed E-state index contributed by atoms with van der Waals surface area (Å²) in [5.74, 6) is 0. The van der Waals surface area contributed by atoms with Crippen LogP contribution in [0.2, 0.25) is 0 Å². The Bertz CT molecular complexity index is 514. The molecule has 0 bridgehead atoms. The van der Waals surface area contributed by atoms with Crippen LogP contribution in [-0.4, -0.2) is 6.61 Å². The average molecular weight is 250 g/mol. The van der Waals surface area contributed by atoms with Crippen LogP contribution < -0.4 is 0 Å². The van der Waals surface area contributed by atoms with Crippen LogP contribution in [0.15, 0.2) is 79.4 Å². The fourth-order valence-electron chi connectivity index (χ4n) is 1.84. The van der Waals surface area contributed by atoms with E-state index >= 15 is 0 Å². The van der Waals surface area contributed by atoms with Crippen molar-refractivity contribution in [2.24, 2.45) is 0 Å². The molecule has 96 valence electrons. The van der Waals surface area contributed by atoms with Gasteiger partial charge in [0.15, 0.2) is 0 Å². The van der Waals surface area contributed by atoms with Gasteiger partial charge in [-0.05, 0) is 11.1 Å². The van der Waals surface area contributed by atoms with E-state index in [0.29, 0.717) is 6.61 Å². The summed E-state index contributed by atoms with van der Waals surface area (Å²) in [6.45, 7) is 4.24. The van der Waals surface area contributed by atoms with Gasteiger partial charge in [-0.3, -0.25) is 0 Å². The Morgan fingerprint density at radius 2 is 1.58 bits per heavy atom. The maximum absolute atomic E-state index is 5.79. The predicted molar refractivity (Wildman–Crippen MR) is 80.8 cm³/mol. The van der Waals surface area contributed by atoms with Crippen molar-refractivity contribution in [1.82, 2.24) is 0 Å². The molecule has 0 spiro atoms. The van der Waals surface area contributed by atoms with Gasteiger partial charge in [0.1, 0.15) is 6.10 Å². The summed E-state index contributed by atoms with van der Waals surface area (Å²) in [6.07, 6.45) is 5.89. The predicted octanol–water partition coefficient (Wildman–Crippen LogP) is 4.64. The van der Waals surface area contributed by atoms with E-state index in [1.54, 1.807) is 6.08 Å². The van der Waals surface area contributed by atoms with Crippen LogP contribution in [0.1, 0.15) is 17.2 Å². The maximum atomic E-state index is 5.79. The lowest BCUT2D eigenvalue weighted by molar-refractivity contribution is 0.111. The third-order valence-corrected chi connectivity index (χ3v) is 2.78. The normalized spacial score (nSPS) is 12.4. The van der Waals surface area contributed by atoms with Gasteiger partial charge in [0, 0.05) is 0 Å². The first-order valence-corrected chi connectivity index (χ1v) is 6.41. The summed E-state index contributed by atoms with van der Waals surface area (Å²) in [5, 5.41) is 0. The Labute approximate surface area is 114 Å². The Kier molecular flexibility index (Phi) is 5.15. The molecule has 0 amide bonds. The molecule has 0 saturated heterocycles. The minimum Gasteiger partial charge on any atom is -0.365 e. The van der Waals surface area contributed by atoms with Crippen LogP contribution in [0.5, 0.6) is 0 Å². The number of ether oxygens (including phenoxy) is 1. The maximum Gasteiger partial charge on any atom is 0.101 e. The van der Waals surface area contributed by atoms with E-state index in [9.17, 15) is 0 Å². The van der Waals surface area contributed by atoms with Crippen LogP contribution in [0, 0.1) is 0 Å². The molecule has 0 aliphatic heterocycles. The molecule has 0 saturated carbocycles. The molecule has 0 N–H and O–H groups in total. The van der Waals surface area contributed by atoms with Gasteiger partial charge >= 0.3 is 0 Å². The van der Waals surface area contributed by atoms with Gasteiger partial charge in [0.25, 0.3) is 0 Å². The van der Waals surface area contributed by atoms with Gasteiger partial charge in [-0.25, -0.2) is 0 Å². The van der Waals surface area contributed by atoms with Crippen molar-refractivity contribution >= 4 is 6.08 Å². The fraction of sp³-hybridized carbons (Fsp3) is 0.111. The molecule has 2 aromatic rings. The first kappa shape index (κ1) is 13.3. The van der Waals surface area contributed by atoms with Crippen molar-refractivity contribution in [2.75, 3.05) is 6.61 Å². The Morgan fingerprint density at radius 1 is 0.947 bits per heavy atom. The Balaban J connectivity index is 2.14. The van der Waals surface area contributed by atoms with Crippen LogP contribution in [-0.2, 0) is 4.74 Å². The summed E-state index contributed by atoms with van der Waals surface area (Å²) < 4.78 is 5.79. The van der Waals surface area contributed by atoms with Crippen molar-refractivity contribution in [1.29, 1.82) is 0 Å². The van der Waals surface area contributed by atoms with Crippen molar-refractivity contribution in [3.8, 4) is 0 Å².